The van der Waals surface area contributed by atoms with E-state index in [0.717, 1.165) is 0 Å². The van der Waals surface area contributed by atoms with Crippen LogP contribution in [-0.4, -0.2) is 63.4 Å². The van der Waals surface area contributed by atoms with Gasteiger partial charge in [-0.3, -0.25) is 9.59 Å². The molecule has 8 nitrogen and oxygen atoms in total. The van der Waals surface area contributed by atoms with Crippen LogP contribution in [0.5, 0.6) is 11.5 Å². The molecule has 1 aliphatic rings. The zero-order chi connectivity index (χ0) is 18.6. The molecule has 25 heavy (non-hydrogen) atoms. The number of ether oxygens (including phenoxy) is 2. The molecule has 1 saturated heterocycles. The number of methoxy groups -OCH3 is 2. The molecule has 1 aliphatic heterocycles. The van der Waals surface area contributed by atoms with Gasteiger partial charge in [-0.2, -0.15) is 0 Å². The molecule has 0 bridgehead atoms. The fourth-order valence-corrected chi connectivity index (χ4v) is 3.94. The van der Waals surface area contributed by atoms with Crippen LogP contribution in [0.3, 0.4) is 0 Å². The summed E-state index contributed by atoms with van der Waals surface area (Å²) in [7, 11) is -0.815. The second-order valence-corrected chi connectivity index (χ2v) is 7.86. The number of carbonyl (C=O) groups is 2. The first kappa shape index (κ1) is 19.0. The summed E-state index contributed by atoms with van der Waals surface area (Å²) in [5, 5.41) is 8.96. The fraction of sp³-hybridized carbons (Fsp3) is 0.500. The van der Waals surface area contributed by atoms with Gasteiger partial charge in [-0.1, -0.05) is 0 Å². The van der Waals surface area contributed by atoms with Crippen LogP contribution in [0.2, 0.25) is 0 Å². The van der Waals surface area contributed by atoms with Gasteiger partial charge in [-0.05, 0) is 18.6 Å². The molecule has 1 atom stereocenters. The third-order valence-corrected chi connectivity index (χ3v) is 5.90. The molecule has 1 unspecified atom stereocenters. The van der Waals surface area contributed by atoms with Crippen molar-refractivity contribution in [2.24, 2.45) is 5.92 Å². The van der Waals surface area contributed by atoms with Gasteiger partial charge < -0.3 is 19.5 Å². The van der Waals surface area contributed by atoms with E-state index >= 15 is 0 Å². The second kappa shape index (κ2) is 7.73. The van der Waals surface area contributed by atoms with Gasteiger partial charge in [0.2, 0.25) is 5.91 Å². The Morgan fingerprint density at radius 2 is 1.92 bits per heavy atom. The minimum absolute atomic E-state index is 0.0442. The minimum atomic E-state index is -3.67. The molecule has 1 N–H and O–H groups in total. The van der Waals surface area contributed by atoms with E-state index in [4.69, 9.17) is 14.6 Å². The number of carboxylic acid groups (broad SMARTS) is 1. The molecule has 0 saturated carbocycles. The smallest absolute Gasteiger partial charge is 0.308 e. The predicted octanol–water partition coefficient (Wildman–Crippen LogP) is 0.801. The van der Waals surface area contributed by atoms with Gasteiger partial charge in [0.1, 0.15) is 0 Å². The van der Waals surface area contributed by atoms with Crippen molar-refractivity contribution in [2.45, 2.75) is 17.7 Å². The van der Waals surface area contributed by atoms with Crippen molar-refractivity contribution in [3.63, 3.8) is 0 Å². The van der Waals surface area contributed by atoms with E-state index in [2.05, 4.69) is 0 Å². The summed E-state index contributed by atoms with van der Waals surface area (Å²) in [5.41, 5.74) is 0. The highest BCUT2D eigenvalue weighted by Crippen LogP contribution is 2.30. The number of nitrogens with zero attached hydrogens (tertiary/aromatic N) is 1. The molecular formula is C16H21NO7S. The van der Waals surface area contributed by atoms with Crippen LogP contribution >= 0.6 is 0 Å². The molecule has 1 aromatic rings. The molecule has 0 spiro atoms. The van der Waals surface area contributed by atoms with Gasteiger partial charge in [-0.15, -0.1) is 0 Å². The van der Waals surface area contributed by atoms with Gasteiger partial charge in [0.25, 0.3) is 0 Å². The van der Waals surface area contributed by atoms with E-state index in [9.17, 15) is 18.0 Å². The summed E-state index contributed by atoms with van der Waals surface area (Å²) in [6.07, 6.45) is 0.201. The first-order valence-electron chi connectivity index (χ1n) is 7.74. The lowest BCUT2D eigenvalue weighted by Crippen LogP contribution is -2.31. The van der Waals surface area contributed by atoms with Crippen LogP contribution in [0.25, 0.3) is 0 Å². The topological polar surface area (TPSA) is 110 Å². The summed E-state index contributed by atoms with van der Waals surface area (Å²) in [4.78, 5) is 24.5. The molecule has 1 amide bonds. The predicted molar refractivity (Wildman–Crippen MR) is 88.5 cm³/mol. The first-order chi connectivity index (χ1) is 11.8. The van der Waals surface area contributed by atoms with Crippen molar-refractivity contribution >= 4 is 21.7 Å². The molecule has 2 rings (SSSR count). The molecule has 0 aliphatic carbocycles. The zero-order valence-corrected chi connectivity index (χ0v) is 14.9. The number of amides is 1. The molecule has 9 heteroatoms. The van der Waals surface area contributed by atoms with Crippen molar-refractivity contribution < 1.29 is 32.6 Å². The van der Waals surface area contributed by atoms with Crippen LogP contribution in [-0.2, 0) is 19.4 Å². The number of sulfone groups is 1. The molecular weight excluding hydrogens is 350 g/mol. The number of benzene rings is 1. The quantitative estimate of drug-likeness (QED) is 0.755. The second-order valence-electron chi connectivity index (χ2n) is 5.75. The SMILES string of the molecule is COc1ccc(S(=O)(=O)CCC(=O)N2CCC(C(=O)O)C2)cc1OC. The Bertz CT molecular complexity index is 760. The van der Waals surface area contributed by atoms with E-state index in [1.54, 1.807) is 0 Å². The maximum atomic E-state index is 12.4. The first-order valence-corrected chi connectivity index (χ1v) is 9.39. The van der Waals surface area contributed by atoms with Gasteiger partial charge in [0, 0.05) is 25.6 Å². The van der Waals surface area contributed by atoms with Crippen molar-refractivity contribution in [1.82, 2.24) is 4.90 Å². The lowest BCUT2D eigenvalue weighted by Gasteiger charge is -2.16. The number of carbonyl (C=O) groups excluding carboxylic acids is 1. The Balaban J connectivity index is 2.02. The van der Waals surface area contributed by atoms with Crippen molar-refractivity contribution in [2.75, 3.05) is 33.1 Å². The molecule has 1 heterocycles. The van der Waals surface area contributed by atoms with Gasteiger partial charge in [-0.25, -0.2) is 8.42 Å². The Morgan fingerprint density at radius 1 is 1.24 bits per heavy atom. The summed E-state index contributed by atoms with van der Waals surface area (Å²) in [5.74, 6) is -1.52. The molecule has 0 radical (unpaired) electrons. The number of likely N-dealkylation sites (tertiary alicyclic amines) is 1. The Morgan fingerprint density at radius 3 is 2.48 bits per heavy atom. The van der Waals surface area contributed by atoms with Crippen LogP contribution in [0.15, 0.2) is 23.1 Å². The lowest BCUT2D eigenvalue weighted by atomic mass is 10.1. The number of rotatable bonds is 7. The maximum absolute atomic E-state index is 12.4. The minimum Gasteiger partial charge on any atom is -0.493 e. The largest absolute Gasteiger partial charge is 0.493 e. The van der Waals surface area contributed by atoms with Gasteiger partial charge in [0.15, 0.2) is 21.3 Å². The number of hydrogen-bond donors (Lipinski definition) is 1. The normalized spacial score (nSPS) is 17.4. The van der Waals surface area contributed by atoms with Crippen LogP contribution in [0.4, 0.5) is 0 Å². The summed E-state index contributed by atoms with van der Waals surface area (Å²) in [6, 6.07) is 4.25. The van der Waals surface area contributed by atoms with Crippen molar-refractivity contribution in [3.05, 3.63) is 18.2 Å². The number of aliphatic carboxylic acids is 1. The summed E-state index contributed by atoms with van der Waals surface area (Å²) >= 11 is 0. The molecule has 1 aromatic carbocycles. The standard InChI is InChI=1S/C16H21NO7S/c1-23-13-4-3-12(9-14(13)24-2)25(21,22)8-6-15(18)17-7-5-11(10-17)16(19)20/h3-4,9,11H,5-8,10H2,1-2H3,(H,19,20). The monoisotopic (exact) mass is 371 g/mol. The van der Waals surface area contributed by atoms with E-state index in [0.29, 0.717) is 24.5 Å². The zero-order valence-electron chi connectivity index (χ0n) is 14.1. The average Bonchev–Trinajstić information content (AvgIpc) is 3.09. The van der Waals surface area contributed by atoms with E-state index < -0.39 is 21.7 Å². The fourth-order valence-electron chi connectivity index (χ4n) is 2.70. The molecule has 1 fully saturated rings. The van der Waals surface area contributed by atoms with Crippen LogP contribution in [0, 0.1) is 5.92 Å². The van der Waals surface area contributed by atoms with E-state index in [1.165, 1.54) is 37.3 Å². The Hall–Kier alpha value is -2.29. The van der Waals surface area contributed by atoms with E-state index in [1.807, 2.05) is 0 Å². The lowest BCUT2D eigenvalue weighted by molar-refractivity contribution is -0.141. The third-order valence-electron chi connectivity index (χ3n) is 4.19. The van der Waals surface area contributed by atoms with Crippen LogP contribution < -0.4 is 9.47 Å². The highest BCUT2D eigenvalue weighted by atomic mass is 32.2. The van der Waals surface area contributed by atoms with Crippen molar-refractivity contribution in [1.29, 1.82) is 0 Å². The average molecular weight is 371 g/mol. The van der Waals surface area contributed by atoms with Gasteiger partial charge in [0.05, 0.1) is 30.8 Å². The highest BCUT2D eigenvalue weighted by Gasteiger charge is 2.31. The molecule has 0 aromatic heterocycles. The summed E-state index contributed by atoms with van der Waals surface area (Å²) in [6.45, 7) is 0.469. The highest BCUT2D eigenvalue weighted by molar-refractivity contribution is 7.91. The third kappa shape index (κ3) is 4.41. The summed E-state index contributed by atoms with van der Waals surface area (Å²) < 4.78 is 35.0. The Kier molecular flexibility index (Phi) is 5.89. The van der Waals surface area contributed by atoms with Gasteiger partial charge >= 0.3 is 5.97 Å². The number of hydrogen-bond acceptors (Lipinski definition) is 6. The van der Waals surface area contributed by atoms with Crippen LogP contribution in [0.1, 0.15) is 12.8 Å². The van der Waals surface area contributed by atoms with Crippen molar-refractivity contribution in [3.8, 4) is 11.5 Å². The molecule has 138 valence electrons. The number of carboxylic acids is 1. The maximum Gasteiger partial charge on any atom is 0.308 e. The van der Waals surface area contributed by atoms with E-state index in [-0.39, 0.29) is 29.5 Å². The Labute approximate surface area is 146 Å².